The minimum absolute atomic E-state index is 0.186. The number of fused-ring (bicyclic) bond motifs is 2. The number of nitrogens with zero attached hydrogens (tertiary/aromatic N) is 2. The molecule has 4 saturated heterocycles. The van der Waals surface area contributed by atoms with E-state index in [-0.39, 0.29) is 36.5 Å². The smallest absolute Gasteiger partial charge is 0.444 e. The Kier molecular flexibility index (Phi) is 4.70. The second kappa shape index (κ2) is 6.64. The van der Waals surface area contributed by atoms with Crippen LogP contribution >= 0.6 is 0 Å². The molecule has 1 aromatic carbocycles. The van der Waals surface area contributed by atoms with Crippen molar-refractivity contribution in [1.29, 1.82) is 0 Å². The Morgan fingerprint density at radius 3 is 2.03 bits per heavy atom. The first kappa shape index (κ1) is 20.5. The molecule has 4 heterocycles. The van der Waals surface area contributed by atoms with Crippen molar-refractivity contribution in [2.75, 3.05) is 18.0 Å². The number of ether oxygens (including phenoxy) is 1. The van der Waals surface area contributed by atoms with E-state index in [0.29, 0.717) is 0 Å². The topological polar surface area (TPSA) is 51.2 Å². The summed E-state index contributed by atoms with van der Waals surface area (Å²) < 4.78 is 17.9. The van der Waals surface area contributed by atoms with Gasteiger partial charge in [0.15, 0.2) is 0 Å². The summed E-state index contributed by atoms with van der Waals surface area (Å²) in [6.07, 6.45) is 0.872. The fourth-order valence-electron chi connectivity index (χ4n) is 4.25. The molecular formula is C22H33BN2O4. The molecule has 1 amide bonds. The Morgan fingerprint density at radius 1 is 1.03 bits per heavy atom. The first-order valence-electron chi connectivity index (χ1n) is 10.6. The highest BCUT2D eigenvalue weighted by Gasteiger charge is 2.52. The van der Waals surface area contributed by atoms with E-state index in [1.807, 2.05) is 25.7 Å². The normalized spacial score (nSPS) is 27.6. The van der Waals surface area contributed by atoms with Gasteiger partial charge in [0.05, 0.1) is 23.3 Å². The molecule has 2 unspecified atom stereocenters. The van der Waals surface area contributed by atoms with E-state index in [0.717, 1.165) is 25.0 Å². The van der Waals surface area contributed by atoms with Gasteiger partial charge in [-0.3, -0.25) is 4.90 Å². The summed E-state index contributed by atoms with van der Waals surface area (Å²) in [5.74, 6) is 0. The molecule has 2 atom stereocenters. The lowest BCUT2D eigenvalue weighted by Gasteiger charge is -2.56. The third kappa shape index (κ3) is 3.75. The van der Waals surface area contributed by atoms with Gasteiger partial charge in [-0.25, -0.2) is 4.79 Å². The number of anilines is 1. The van der Waals surface area contributed by atoms with Crippen LogP contribution in [0.5, 0.6) is 0 Å². The van der Waals surface area contributed by atoms with Crippen molar-refractivity contribution in [3.8, 4) is 0 Å². The monoisotopic (exact) mass is 400 g/mol. The molecule has 0 aliphatic carbocycles. The van der Waals surface area contributed by atoms with Crippen LogP contribution < -0.4 is 10.4 Å². The summed E-state index contributed by atoms with van der Waals surface area (Å²) in [6.45, 7) is 15.7. The van der Waals surface area contributed by atoms with Gasteiger partial charge in [-0.05, 0) is 72.5 Å². The number of carbonyl (C=O) groups is 1. The summed E-state index contributed by atoms with van der Waals surface area (Å²) in [5.41, 5.74) is 1.07. The quantitative estimate of drug-likeness (QED) is 0.714. The van der Waals surface area contributed by atoms with Crippen molar-refractivity contribution < 1.29 is 18.8 Å². The second-order valence-corrected chi connectivity index (χ2v) is 10.5. The fourth-order valence-corrected chi connectivity index (χ4v) is 4.25. The molecule has 2 bridgehead atoms. The number of rotatable bonds is 2. The highest BCUT2D eigenvalue weighted by molar-refractivity contribution is 6.62. The highest BCUT2D eigenvalue weighted by atomic mass is 16.7. The predicted molar refractivity (Wildman–Crippen MR) is 115 cm³/mol. The Morgan fingerprint density at radius 2 is 1.55 bits per heavy atom. The number of carbonyl (C=O) groups excluding carboxylic acids is 1. The van der Waals surface area contributed by atoms with Crippen molar-refractivity contribution in [1.82, 2.24) is 4.90 Å². The van der Waals surface area contributed by atoms with E-state index in [1.54, 1.807) is 0 Å². The molecule has 0 N–H and O–H groups in total. The Labute approximate surface area is 174 Å². The molecule has 0 saturated carbocycles. The van der Waals surface area contributed by atoms with Gasteiger partial charge >= 0.3 is 13.2 Å². The zero-order valence-electron chi connectivity index (χ0n) is 18.7. The van der Waals surface area contributed by atoms with Crippen LogP contribution in [-0.2, 0) is 14.0 Å². The summed E-state index contributed by atoms with van der Waals surface area (Å²) in [7, 11) is -0.341. The van der Waals surface area contributed by atoms with E-state index < -0.39 is 5.60 Å². The average molecular weight is 400 g/mol. The molecule has 4 fully saturated rings. The fraction of sp³-hybridized carbons (Fsp3) is 0.682. The van der Waals surface area contributed by atoms with E-state index in [1.165, 1.54) is 5.69 Å². The average Bonchev–Trinajstić information content (AvgIpc) is 2.81. The maximum absolute atomic E-state index is 12.5. The summed E-state index contributed by atoms with van der Waals surface area (Å²) in [5, 5.41) is 0. The molecule has 4 aliphatic heterocycles. The Hall–Kier alpha value is -1.73. The molecule has 4 aliphatic rings. The van der Waals surface area contributed by atoms with Crippen molar-refractivity contribution >= 4 is 24.4 Å². The largest absolute Gasteiger partial charge is 0.494 e. The lowest BCUT2D eigenvalue weighted by molar-refractivity contribution is -0.0379. The van der Waals surface area contributed by atoms with Crippen molar-refractivity contribution in [3.63, 3.8) is 0 Å². The molecule has 158 valence electrons. The van der Waals surface area contributed by atoms with Crippen LogP contribution in [0, 0.1) is 0 Å². The van der Waals surface area contributed by atoms with Gasteiger partial charge in [-0.1, -0.05) is 12.1 Å². The molecule has 0 radical (unpaired) electrons. The molecule has 0 aromatic heterocycles. The van der Waals surface area contributed by atoms with Gasteiger partial charge in [0, 0.05) is 18.8 Å². The molecule has 6 nitrogen and oxygen atoms in total. The summed E-state index contributed by atoms with van der Waals surface area (Å²) in [6, 6.07) is 8.89. The Bertz CT molecular complexity index is 759. The molecule has 1 aromatic rings. The minimum Gasteiger partial charge on any atom is -0.444 e. The zero-order chi connectivity index (χ0) is 21.2. The summed E-state index contributed by atoms with van der Waals surface area (Å²) >= 11 is 0. The van der Waals surface area contributed by atoms with Crippen LogP contribution in [0.3, 0.4) is 0 Å². The maximum atomic E-state index is 12.5. The Balaban J connectivity index is 1.39. The van der Waals surface area contributed by atoms with Gasteiger partial charge in [-0.15, -0.1) is 0 Å². The second-order valence-electron chi connectivity index (χ2n) is 10.5. The standard InChI is InChI=1S/C22H33BN2O4/c1-20(2,3)27-19(26)25-17-12-18(25)14-24(13-17)16-10-8-15(9-11-16)23-28-21(4,5)22(6,7)29-23/h8-11,17-18H,12-14H2,1-7H3. The third-order valence-electron chi connectivity index (χ3n) is 6.58. The summed E-state index contributed by atoms with van der Waals surface area (Å²) in [4.78, 5) is 16.7. The van der Waals surface area contributed by atoms with Gasteiger partial charge < -0.3 is 18.9 Å². The van der Waals surface area contributed by atoms with E-state index in [4.69, 9.17) is 14.0 Å². The zero-order valence-corrected chi connectivity index (χ0v) is 18.7. The molecule has 7 heteroatoms. The van der Waals surface area contributed by atoms with E-state index in [9.17, 15) is 4.79 Å². The van der Waals surface area contributed by atoms with Gasteiger partial charge in [0.1, 0.15) is 5.60 Å². The lowest BCUT2D eigenvalue weighted by atomic mass is 9.79. The van der Waals surface area contributed by atoms with Crippen molar-refractivity contribution in [2.45, 2.75) is 83.8 Å². The molecular weight excluding hydrogens is 367 g/mol. The van der Waals surface area contributed by atoms with E-state index in [2.05, 4.69) is 56.9 Å². The highest BCUT2D eigenvalue weighted by Crippen LogP contribution is 2.37. The third-order valence-corrected chi connectivity index (χ3v) is 6.58. The maximum Gasteiger partial charge on any atom is 0.494 e. The number of benzene rings is 1. The number of piperazine rings is 1. The first-order valence-corrected chi connectivity index (χ1v) is 10.6. The first-order chi connectivity index (χ1) is 13.4. The van der Waals surface area contributed by atoms with Crippen LogP contribution in [0.15, 0.2) is 24.3 Å². The van der Waals surface area contributed by atoms with Crippen molar-refractivity contribution in [2.24, 2.45) is 0 Å². The molecule has 0 spiro atoms. The number of hydrogen-bond acceptors (Lipinski definition) is 5. The number of hydrogen-bond donors (Lipinski definition) is 0. The lowest BCUT2D eigenvalue weighted by Crippen LogP contribution is -2.70. The van der Waals surface area contributed by atoms with E-state index >= 15 is 0 Å². The number of piperidine rings is 1. The van der Waals surface area contributed by atoms with Crippen molar-refractivity contribution in [3.05, 3.63) is 24.3 Å². The van der Waals surface area contributed by atoms with Gasteiger partial charge in [0.25, 0.3) is 0 Å². The van der Waals surface area contributed by atoms with Crippen LogP contribution in [-0.4, -0.2) is 60.1 Å². The van der Waals surface area contributed by atoms with Gasteiger partial charge in [0.2, 0.25) is 0 Å². The van der Waals surface area contributed by atoms with Crippen LogP contribution in [0.4, 0.5) is 10.5 Å². The predicted octanol–water partition coefficient (Wildman–Crippen LogP) is 3.18. The van der Waals surface area contributed by atoms with Gasteiger partial charge in [-0.2, -0.15) is 0 Å². The molecule has 5 rings (SSSR count). The van der Waals surface area contributed by atoms with Crippen LogP contribution in [0.2, 0.25) is 0 Å². The number of amides is 1. The molecule has 29 heavy (non-hydrogen) atoms. The SMILES string of the molecule is CC(C)(C)OC(=O)N1C2CC1CN(c1ccc(B3OC(C)(C)C(C)(C)O3)cc1)C2. The van der Waals surface area contributed by atoms with Crippen LogP contribution in [0.25, 0.3) is 0 Å². The minimum atomic E-state index is -0.454. The van der Waals surface area contributed by atoms with Crippen LogP contribution in [0.1, 0.15) is 54.9 Å².